The SMILES string of the molecule is N[C@@H]1[C@H](O)[C@@H]2OC[C@@H](O2)[C@H]1Br. The van der Waals surface area contributed by atoms with Gasteiger partial charge in [0.25, 0.3) is 0 Å². The Hall–Kier alpha value is 0.320. The topological polar surface area (TPSA) is 64.7 Å². The first-order valence-corrected chi connectivity index (χ1v) is 4.46. The molecule has 2 saturated heterocycles. The molecule has 2 aliphatic rings. The van der Waals surface area contributed by atoms with Gasteiger partial charge in [0, 0.05) is 0 Å². The Balaban J connectivity index is 2.16. The Bertz CT molecular complexity index is 148. The minimum Gasteiger partial charge on any atom is -0.386 e. The summed E-state index contributed by atoms with van der Waals surface area (Å²) in [5, 5.41) is 9.43. The molecule has 0 aromatic heterocycles. The fourth-order valence-corrected chi connectivity index (χ4v) is 1.99. The van der Waals surface area contributed by atoms with E-state index in [-0.39, 0.29) is 17.0 Å². The molecule has 0 amide bonds. The highest BCUT2D eigenvalue weighted by molar-refractivity contribution is 9.09. The van der Waals surface area contributed by atoms with E-state index < -0.39 is 12.4 Å². The molecule has 11 heavy (non-hydrogen) atoms. The van der Waals surface area contributed by atoms with E-state index in [1.807, 2.05) is 0 Å². The van der Waals surface area contributed by atoms with Gasteiger partial charge in [-0.1, -0.05) is 15.9 Å². The van der Waals surface area contributed by atoms with Gasteiger partial charge in [0.1, 0.15) is 6.10 Å². The van der Waals surface area contributed by atoms with E-state index in [4.69, 9.17) is 15.2 Å². The number of rotatable bonds is 0. The predicted octanol–water partition coefficient (Wildman–Crippen LogP) is -0.807. The number of hydrogen-bond donors (Lipinski definition) is 2. The number of aliphatic hydroxyl groups is 1. The average molecular weight is 224 g/mol. The number of nitrogens with two attached hydrogens (primary N) is 1. The van der Waals surface area contributed by atoms with Gasteiger partial charge in [-0.2, -0.15) is 0 Å². The third-order valence-corrected chi connectivity index (χ3v) is 3.33. The molecule has 0 spiro atoms. The zero-order valence-electron chi connectivity index (χ0n) is 5.81. The molecule has 0 radical (unpaired) electrons. The lowest BCUT2D eigenvalue weighted by Gasteiger charge is -2.33. The zero-order valence-corrected chi connectivity index (χ0v) is 7.40. The summed E-state index contributed by atoms with van der Waals surface area (Å²) in [7, 11) is 0. The van der Waals surface area contributed by atoms with Gasteiger partial charge >= 0.3 is 0 Å². The lowest BCUT2D eigenvalue weighted by Crippen LogP contribution is -2.55. The van der Waals surface area contributed by atoms with Crippen LogP contribution in [0.1, 0.15) is 0 Å². The maximum atomic E-state index is 9.43. The van der Waals surface area contributed by atoms with Crippen LogP contribution in [0.25, 0.3) is 0 Å². The normalized spacial score (nSPS) is 56.5. The van der Waals surface area contributed by atoms with Crippen molar-refractivity contribution in [2.24, 2.45) is 5.73 Å². The van der Waals surface area contributed by atoms with E-state index in [2.05, 4.69) is 15.9 Å². The van der Waals surface area contributed by atoms with Gasteiger partial charge in [0.15, 0.2) is 6.29 Å². The number of fused-ring (bicyclic) bond motifs is 2. The molecule has 64 valence electrons. The first-order chi connectivity index (χ1) is 5.20. The average Bonchev–Trinajstić information content (AvgIpc) is 2.44. The van der Waals surface area contributed by atoms with E-state index >= 15 is 0 Å². The second-order valence-corrected chi connectivity index (χ2v) is 3.95. The lowest BCUT2D eigenvalue weighted by atomic mass is 10.0. The van der Waals surface area contributed by atoms with Crippen LogP contribution in [0.3, 0.4) is 0 Å². The van der Waals surface area contributed by atoms with Crippen LogP contribution in [0.15, 0.2) is 0 Å². The Kier molecular flexibility index (Phi) is 1.93. The number of ether oxygens (including phenoxy) is 2. The van der Waals surface area contributed by atoms with Crippen molar-refractivity contribution in [2.75, 3.05) is 6.61 Å². The Morgan fingerprint density at radius 2 is 2.27 bits per heavy atom. The summed E-state index contributed by atoms with van der Waals surface area (Å²) in [5.74, 6) is 0. The quantitative estimate of drug-likeness (QED) is 0.528. The third kappa shape index (κ3) is 1.11. The van der Waals surface area contributed by atoms with E-state index in [9.17, 15) is 5.11 Å². The maximum absolute atomic E-state index is 9.43. The van der Waals surface area contributed by atoms with E-state index in [0.29, 0.717) is 6.61 Å². The molecule has 2 fully saturated rings. The van der Waals surface area contributed by atoms with Crippen molar-refractivity contribution in [2.45, 2.75) is 29.4 Å². The number of alkyl halides is 1. The van der Waals surface area contributed by atoms with Gasteiger partial charge in [-0.15, -0.1) is 0 Å². The first kappa shape index (κ1) is 7.94. The fraction of sp³-hybridized carbons (Fsp3) is 1.00. The molecule has 0 aromatic carbocycles. The van der Waals surface area contributed by atoms with Crippen LogP contribution in [0.4, 0.5) is 0 Å². The molecule has 0 aliphatic carbocycles. The third-order valence-electron chi connectivity index (χ3n) is 2.13. The van der Waals surface area contributed by atoms with Crippen molar-refractivity contribution in [1.29, 1.82) is 0 Å². The van der Waals surface area contributed by atoms with Crippen molar-refractivity contribution in [3.8, 4) is 0 Å². The van der Waals surface area contributed by atoms with Crippen LogP contribution in [0.5, 0.6) is 0 Å². The highest BCUT2D eigenvalue weighted by atomic mass is 79.9. The van der Waals surface area contributed by atoms with Crippen molar-refractivity contribution in [3.05, 3.63) is 0 Å². The predicted molar refractivity (Wildman–Crippen MR) is 41.3 cm³/mol. The van der Waals surface area contributed by atoms with Crippen molar-refractivity contribution >= 4 is 15.9 Å². The number of halogens is 1. The minimum atomic E-state index is -0.710. The number of hydrogen-bond acceptors (Lipinski definition) is 4. The largest absolute Gasteiger partial charge is 0.386 e. The fourth-order valence-electron chi connectivity index (χ4n) is 1.40. The molecule has 2 rings (SSSR count). The Morgan fingerprint density at radius 3 is 3.00 bits per heavy atom. The smallest absolute Gasteiger partial charge is 0.185 e. The van der Waals surface area contributed by atoms with Crippen LogP contribution >= 0.6 is 15.9 Å². The molecule has 4 nitrogen and oxygen atoms in total. The van der Waals surface area contributed by atoms with Crippen LogP contribution in [-0.4, -0.2) is 41.1 Å². The Morgan fingerprint density at radius 1 is 1.55 bits per heavy atom. The molecule has 5 heteroatoms. The molecule has 5 atom stereocenters. The zero-order chi connectivity index (χ0) is 8.01. The second kappa shape index (κ2) is 2.67. The van der Waals surface area contributed by atoms with Crippen molar-refractivity contribution in [3.63, 3.8) is 0 Å². The number of aliphatic hydroxyl groups excluding tert-OH is 1. The minimum absolute atomic E-state index is 0.00148. The molecule has 2 bridgehead atoms. The maximum Gasteiger partial charge on any atom is 0.185 e. The first-order valence-electron chi connectivity index (χ1n) is 3.55. The second-order valence-electron chi connectivity index (χ2n) is 2.89. The van der Waals surface area contributed by atoms with Crippen LogP contribution in [0.2, 0.25) is 0 Å². The van der Waals surface area contributed by atoms with Gasteiger partial charge in [0.2, 0.25) is 0 Å². The standard InChI is InChI=1S/C6H10BrNO3/c7-3-2-1-10-6(11-2)5(9)4(3)8/h2-6,9H,1,8H2/t2-,3-,4+,5+,6-/m1/s1. The molecule has 2 aliphatic heterocycles. The monoisotopic (exact) mass is 223 g/mol. The van der Waals surface area contributed by atoms with Gasteiger partial charge < -0.3 is 20.3 Å². The molecular weight excluding hydrogens is 214 g/mol. The van der Waals surface area contributed by atoms with Crippen LogP contribution in [0, 0.1) is 0 Å². The summed E-state index contributed by atoms with van der Waals surface area (Å²) < 4.78 is 10.4. The molecule has 3 N–H and O–H groups in total. The van der Waals surface area contributed by atoms with Gasteiger partial charge in [-0.3, -0.25) is 0 Å². The van der Waals surface area contributed by atoms with Crippen molar-refractivity contribution < 1.29 is 14.6 Å². The molecule has 2 heterocycles. The Labute approximate surface area is 72.8 Å². The molecular formula is C6H10BrNO3. The highest BCUT2D eigenvalue weighted by Gasteiger charge is 2.47. The lowest BCUT2D eigenvalue weighted by molar-refractivity contribution is -0.156. The van der Waals surface area contributed by atoms with Gasteiger partial charge in [0.05, 0.1) is 23.6 Å². The van der Waals surface area contributed by atoms with E-state index in [0.717, 1.165) is 0 Å². The molecule has 0 aromatic rings. The molecule has 0 saturated carbocycles. The summed E-state index contributed by atoms with van der Waals surface area (Å²) in [6.07, 6.45) is -1.22. The summed E-state index contributed by atoms with van der Waals surface area (Å²) in [6.45, 7) is 0.519. The summed E-state index contributed by atoms with van der Waals surface area (Å²) in [5.41, 5.74) is 5.69. The summed E-state index contributed by atoms with van der Waals surface area (Å²) >= 11 is 3.36. The van der Waals surface area contributed by atoms with E-state index in [1.54, 1.807) is 0 Å². The van der Waals surface area contributed by atoms with Gasteiger partial charge in [-0.25, -0.2) is 0 Å². The van der Waals surface area contributed by atoms with E-state index in [1.165, 1.54) is 0 Å². The summed E-state index contributed by atoms with van der Waals surface area (Å²) in [4.78, 5) is -0.00347. The molecule has 0 unspecified atom stereocenters. The highest BCUT2D eigenvalue weighted by Crippen LogP contribution is 2.30. The van der Waals surface area contributed by atoms with Gasteiger partial charge in [-0.05, 0) is 0 Å². The summed E-state index contributed by atoms with van der Waals surface area (Å²) in [6, 6.07) is -0.291. The van der Waals surface area contributed by atoms with Crippen LogP contribution < -0.4 is 5.73 Å². The van der Waals surface area contributed by atoms with Crippen molar-refractivity contribution in [1.82, 2.24) is 0 Å². The van der Waals surface area contributed by atoms with Crippen LogP contribution in [-0.2, 0) is 9.47 Å².